The summed E-state index contributed by atoms with van der Waals surface area (Å²) in [4.78, 5) is 10.2. The van der Waals surface area contributed by atoms with Crippen molar-refractivity contribution in [1.82, 2.24) is 0 Å². The SMILES string of the molecule is O.O.O.O=C(O)C1C=COCC1. The fourth-order valence-electron chi connectivity index (χ4n) is 0.715. The first kappa shape index (κ1) is 17.1. The molecule has 1 heterocycles. The van der Waals surface area contributed by atoms with E-state index in [1.807, 2.05) is 0 Å². The molecule has 1 rings (SSSR count). The van der Waals surface area contributed by atoms with Crippen molar-refractivity contribution in [1.29, 1.82) is 0 Å². The third kappa shape index (κ3) is 4.67. The minimum Gasteiger partial charge on any atom is -0.501 e. The lowest BCUT2D eigenvalue weighted by molar-refractivity contribution is -0.140. The molecule has 74 valence electrons. The van der Waals surface area contributed by atoms with Gasteiger partial charge in [-0.15, -0.1) is 0 Å². The smallest absolute Gasteiger partial charge is 0.310 e. The second-order valence-electron chi connectivity index (χ2n) is 1.93. The van der Waals surface area contributed by atoms with Crippen LogP contribution in [0.1, 0.15) is 6.42 Å². The number of rotatable bonds is 1. The van der Waals surface area contributed by atoms with Crippen molar-refractivity contribution in [2.24, 2.45) is 5.92 Å². The van der Waals surface area contributed by atoms with Crippen molar-refractivity contribution in [2.75, 3.05) is 6.61 Å². The predicted octanol–water partition coefficient (Wildman–Crippen LogP) is -1.85. The average molecular weight is 182 g/mol. The Morgan fingerprint density at radius 2 is 2.00 bits per heavy atom. The maximum absolute atomic E-state index is 10.2. The molecule has 1 atom stereocenters. The second-order valence-corrected chi connectivity index (χ2v) is 1.93. The third-order valence-corrected chi connectivity index (χ3v) is 1.27. The van der Waals surface area contributed by atoms with Gasteiger partial charge >= 0.3 is 5.97 Å². The standard InChI is InChI=1S/C6H8O3.3H2O/c7-6(8)5-1-3-9-4-2-5;;;/h1,3,5H,2,4H2,(H,7,8);3*1H2. The monoisotopic (exact) mass is 182 g/mol. The van der Waals surface area contributed by atoms with Crippen LogP contribution >= 0.6 is 0 Å². The van der Waals surface area contributed by atoms with Gasteiger partial charge in [-0.25, -0.2) is 0 Å². The average Bonchev–Trinajstić information content (AvgIpc) is 1.90. The Hall–Kier alpha value is -1.11. The zero-order chi connectivity index (χ0) is 6.69. The van der Waals surface area contributed by atoms with Gasteiger partial charge in [-0.05, 0) is 12.5 Å². The lowest BCUT2D eigenvalue weighted by Crippen LogP contribution is -2.15. The highest BCUT2D eigenvalue weighted by Crippen LogP contribution is 2.10. The second kappa shape index (κ2) is 7.99. The van der Waals surface area contributed by atoms with Gasteiger partial charge in [0.1, 0.15) is 0 Å². The van der Waals surface area contributed by atoms with Gasteiger partial charge in [0.25, 0.3) is 0 Å². The van der Waals surface area contributed by atoms with Gasteiger partial charge in [-0.3, -0.25) is 4.79 Å². The molecule has 1 unspecified atom stereocenters. The molecule has 7 N–H and O–H groups in total. The van der Waals surface area contributed by atoms with E-state index in [1.54, 1.807) is 6.08 Å². The van der Waals surface area contributed by atoms with Gasteiger partial charge in [0.05, 0.1) is 18.8 Å². The van der Waals surface area contributed by atoms with Crippen LogP contribution in [0.15, 0.2) is 12.3 Å². The highest BCUT2D eigenvalue weighted by molar-refractivity contribution is 5.72. The summed E-state index contributed by atoms with van der Waals surface area (Å²) in [5.41, 5.74) is 0. The van der Waals surface area contributed by atoms with Crippen LogP contribution in [-0.2, 0) is 9.53 Å². The van der Waals surface area contributed by atoms with E-state index < -0.39 is 5.97 Å². The van der Waals surface area contributed by atoms with Crippen LogP contribution in [-0.4, -0.2) is 34.1 Å². The largest absolute Gasteiger partial charge is 0.501 e. The quantitative estimate of drug-likeness (QED) is 0.508. The van der Waals surface area contributed by atoms with Crippen LogP contribution in [0.25, 0.3) is 0 Å². The van der Waals surface area contributed by atoms with E-state index in [4.69, 9.17) is 9.84 Å². The maximum atomic E-state index is 10.2. The molecule has 0 aliphatic carbocycles. The topological polar surface area (TPSA) is 141 Å². The molecule has 0 bridgehead atoms. The Labute approximate surface area is 69.4 Å². The zero-order valence-corrected chi connectivity index (χ0v) is 6.41. The molecule has 0 aromatic carbocycles. The first-order chi connectivity index (χ1) is 4.30. The van der Waals surface area contributed by atoms with Gasteiger partial charge in [0.2, 0.25) is 0 Å². The van der Waals surface area contributed by atoms with Crippen LogP contribution in [0.2, 0.25) is 0 Å². The van der Waals surface area contributed by atoms with E-state index in [0.29, 0.717) is 13.0 Å². The van der Waals surface area contributed by atoms with E-state index in [2.05, 4.69) is 0 Å². The number of hydrogen-bond acceptors (Lipinski definition) is 2. The Morgan fingerprint density at radius 1 is 1.42 bits per heavy atom. The Kier molecular flexibility index (Phi) is 11.4. The van der Waals surface area contributed by atoms with Crippen molar-refractivity contribution in [3.63, 3.8) is 0 Å². The molecule has 0 aromatic heterocycles. The molecule has 1 aliphatic heterocycles. The van der Waals surface area contributed by atoms with Gasteiger partial charge in [-0.1, -0.05) is 0 Å². The fraction of sp³-hybridized carbons (Fsp3) is 0.500. The molecule has 0 radical (unpaired) electrons. The Balaban J connectivity index is -0.000000270. The van der Waals surface area contributed by atoms with Crippen molar-refractivity contribution in [3.05, 3.63) is 12.3 Å². The lowest BCUT2D eigenvalue weighted by Gasteiger charge is -2.11. The number of carbonyl (C=O) groups is 1. The Bertz CT molecular complexity index is 143. The molecule has 0 fully saturated rings. The van der Waals surface area contributed by atoms with Gasteiger partial charge in [0.15, 0.2) is 0 Å². The van der Waals surface area contributed by atoms with Crippen molar-refractivity contribution in [3.8, 4) is 0 Å². The number of hydrogen-bond donors (Lipinski definition) is 1. The van der Waals surface area contributed by atoms with E-state index in [-0.39, 0.29) is 22.3 Å². The van der Waals surface area contributed by atoms with E-state index in [1.165, 1.54) is 6.26 Å². The summed E-state index contributed by atoms with van der Waals surface area (Å²) >= 11 is 0. The summed E-state index contributed by atoms with van der Waals surface area (Å²) < 4.78 is 4.81. The van der Waals surface area contributed by atoms with Gasteiger partial charge in [0, 0.05) is 0 Å². The molecule has 1 aliphatic rings. The summed E-state index contributed by atoms with van der Waals surface area (Å²) in [5, 5.41) is 8.43. The van der Waals surface area contributed by atoms with Crippen LogP contribution < -0.4 is 0 Å². The molecular weight excluding hydrogens is 168 g/mol. The van der Waals surface area contributed by atoms with Gasteiger partial charge < -0.3 is 26.3 Å². The summed E-state index contributed by atoms with van der Waals surface area (Å²) in [6, 6.07) is 0. The van der Waals surface area contributed by atoms with Crippen LogP contribution in [0.4, 0.5) is 0 Å². The summed E-state index contributed by atoms with van der Waals surface area (Å²) in [7, 11) is 0. The number of aliphatic carboxylic acids is 1. The molecule has 0 spiro atoms. The predicted molar refractivity (Wildman–Crippen MR) is 41.7 cm³/mol. The molecule has 12 heavy (non-hydrogen) atoms. The fourth-order valence-corrected chi connectivity index (χ4v) is 0.715. The number of carboxylic acids is 1. The Morgan fingerprint density at radius 3 is 2.25 bits per heavy atom. The molecule has 0 saturated carbocycles. The third-order valence-electron chi connectivity index (χ3n) is 1.27. The van der Waals surface area contributed by atoms with Crippen LogP contribution in [0, 0.1) is 5.92 Å². The summed E-state index contributed by atoms with van der Waals surface area (Å²) in [6.45, 7) is 0.521. The molecule has 0 aromatic rings. The van der Waals surface area contributed by atoms with E-state index >= 15 is 0 Å². The number of carboxylic acid groups (broad SMARTS) is 1. The highest BCUT2D eigenvalue weighted by Gasteiger charge is 2.15. The molecular formula is C6H14O6. The first-order valence-electron chi connectivity index (χ1n) is 2.82. The summed E-state index contributed by atoms with van der Waals surface area (Å²) in [6.07, 6.45) is 3.60. The number of ether oxygens (including phenoxy) is 1. The minimum absolute atomic E-state index is 0. The van der Waals surface area contributed by atoms with Crippen molar-refractivity contribution >= 4 is 5.97 Å². The van der Waals surface area contributed by atoms with Gasteiger partial charge in [-0.2, -0.15) is 0 Å². The molecule has 0 saturated heterocycles. The first-order valence-corrected chi connectivity index (χ1v) is 2.82. The molecule has 0 amide bonds. The normalized spacial score (nSPS) is 18.8. The van der Waals surface area contributed by atoms with Crippen LogP contribution in [0.3, 0.4) is 0 Å². The van der Waals surface area contributed by atoms with E-state index in [9.17, 15) is 4.79 Å². The van der Waals surface area contributed by atoms with E-state index in [0.717, 1.165) is 0 Å². The van der Waals surface area contributed by atoms with Crippen LogP contribution in [0.5, 0.6) is 0 Å². The maximum Gasteiger partial charge on any atom is 0.310 e. The lowest BCUT2D eigenvalue weighted by atomic mass is 10.1. The minimum atomic E-state index is -0.769. The molecule has 6 nitrogen and oxygen atoms in total. The summed E-state index contributed by atoms with van der Waals surface area (Å²) in [5.74, 6) is -1.10. The van der Waals surface area contributed by atoms with Crippen molar-refractivity contribution in [2.45, 2.75) is 6.42 Å². The zero-order valence-electron chi connectivity index (χ0n) is 6.41. The molecule has 6 heteroatoms. The van der Waals surface area contributed by atoms with Crippen molar-refractivity contribution < 1.29 is 31.1 Å². The highest BCUT2D eigenvalue weighted by atomic mass is 16.5.